The number of methoxy groups -OCH3 is 1. The van der Waals surface area contributed by atoms with Crippen LogP contribution >= 0.6 is 15.9 Å². The van der Waals surface area contributed by atoms with Gasteiger partial charge in [0, 0.05) is 12.5 Å². The molecular weight excluding hydrogens is 300 g/mol. The Balaban J connectivity index is 2.49. The lowest BCUT2D eigenvalue weighted by Crippen LogP contribution is -2.28. The highest BCUT2D eigenvalue weighted by Gasteiger charge is 2.31. The largest absolute Gasteiger partial charge is 0.507 e. The molecule has 0 radical (unpaired) electrons. The highest BCUT2D eigenvalue weighted by atomic mass is 79.9. The minimum atomic E-state index is -0.462. The van der Waals surface area contributed by atoms with Crippen LogP contribution in [0.25, 0.3) is 0 Å². The van der Waals surface area contributed by atoms with Crippen LogP contribution in [0.3, 0.4) is 0 Å². The Morgan fingerprint density at radius 3 is 2.94 bits per heavy atom. The molecule has 0 saturated heterocycles. The summed E-state index contributed by atoms with van der Waals surface area (Å²) in [6.07, 6.45) is 2.23. The van der Waals surface area contributed by atoms with E-state index in [2.05, 4.69) is 15.9 Å². The zero-order valence-corrected chi connectivity index (χ0v) is 11.9. The Bertz CT molecular complexity index is 484. The van der Waals surface area contributed by atoms with Crippen LogP contribution in [0.4, 0.5) is 0 Å². The standard InChI is InChI=1S/C13H15BrO4/c1-3-4-7-5-8-11(13(16)18-7)9(15)6-10(17-2)12(8)14/h6-7,15H,3-5H2,1-2H3. The number of carbonyl (C=O) groups excluding carboxylic acids is 1. The number of carbonyl (C=O) groups is 1. The highest BCUT2D eigenvalue weighted by molar-refractivity contribution is 9.10. The summed E-state index contributed by atoms with van der Waals surface area (Å²) in [5.74, 6) is -0.0308. The van der Waals surface area contributed by atoms with Crippen molar-refractivity contribution in [3.8, 4) is 11.5 Å². The van der Waals surface area contributed by atoms with Gasteiger partial charge in [0.2, 0.25) is 0 Å². The number of cyclic esters (lactones) is 1. The summed E-state index contributed by atoms with van der Waals surface area (Å²) in [6, 6.07) is 1.42. The first kappa shape index (κ1) is 13.2. The van der Waals surface area contributed by atoms with Crippen molar-refractivity contribution in [3.63, 3.8) is 0 Å². The van der Waals surface area contributed by atoms with Crippen molar-refractivity contribution >= 4 is 21.9 Å². The van der Waals surface area contributed by atoms with Crippen molar-refractivity contribution < 1.29 is 19.4 Å². The number of hydrogen-bond donors (Lipinski definition) is 1. The monoisotopic (exact) mass is 314 g/mol. The zero-order chi connectivity index (χ0) is 13.3. The number of phenolic OH excluding ortho intramolecular Hbond substituents is 1. The fourth-order valence-corrected chi connectivity index (χ4v) is 2.84. The molecule has 0 amide bonds. The molecule has 2 rings (SSSR count). The van der Waals surface area contributed by atoms with Gasteiger partial charge in [-0.05, 0) is 27.9 Å². The van der Waals surface area contributed by atoms with Gasteiger partial charge < -0.3 is 14.6 Å². The van der Waals surface area contributed by atoms with Gasteiger partial charge in [0.05, 0.1) is 11.6 Å². The average Bonchev–Trinajstić information content (AvgIpc) is 2.33. The summed E-state index contributed by atoms with van der Waals surface area (Å²) in [6.45, 7) is 2.04. The van der Waals surface area contributed by atoms with Gasteiger partial charge in [-0.3, -0.25) is 0 Å². The lowest BCUT2D eigenvalue weighted by molar-refractivity contribution is 0.0231. The van der Waals surface area contributed by atoms with E-state index in [0.717, 1.165) is 22.9 Å². The molecule has 5 heteroatoms. The van der Waals surface area contributed by atoms with E-state index in [-0.39, 0.29) is 17.4 Å². The van der Waals surface area contributed by atoms with E-state index < -0.39 is 5.97 Å². The van der Waals surface area contributed by atoms with E-state index in [1.54, 1.807) is 0 Å². The van der Waals surface area contributed by atoms with Crippen LogP contribution in [0, 0.1) is 0 Å². The molecule has 0 fully saturated rings. The number of aromatic hydroxyl groups is 1. The number of halogens is 1. The lowest BCUT2D eigenvalue weighted by atomic mass is 9.95. The van der Waals surface area contributed by atoms with Crippen molar-refractivity contribution in [2.45, 2.75) is 32.3 Å². The molecule has 1 N–H and O–H groups in total. The Labute approximate surface area is 114 Å². The van der Waals surface area contributed by atoms with Gasteiger partial charge >= 0.3 is 5.97 Å². The number of benzene rings is 1. The van der Waals surface area contributed by atoms with Crippen LogP contribution in [-0.2, 0) is 11.2 Å². The van der Waals surface area contributed by atoms with E-state index in [9.17, 15) is 9.90 Å². The molecule has 1 aromatic carbocycles. The van der Waals surface area contributed by atoms with Crippen molar-refractivity contribution in [1.29, 1.82) is 0 Å². The Kier molecular flexibility index (Phi) is 3.80. The molecule has 1 atom stereocenters. The van der Waals surface area contributed by atoms with Crippen LogP contribution in [0.15, 0.2) is 10.5 Å². The van der Waals surface area contributed by atoms with Gasteiger partial charge in [-0.25, -0.2) is 4.79 Å². The van der Waals surface area contributed by atoms with Crippen molar-refractivity contribution in [2.75, 3.05) is 7.11 Å². The molecule has 1 aliphatic heterocycles. The maximum Gasteiger partial charge on any atom is 0.342 e. The molecule has 0 spiro atoms. The molecule has 98 valence electrons. The summed E-state index contributed by atoms with van der Waals surface area (Å²) in [4.78, 5) is 11.9. The molecule has 18 heavy (non-hydrogen) atoms. The first-order valence-corrected chi connectivity index (χ1v) is 6.67. The maximum atomic E-state index is 11.9. The van der Waals surface area contributed by atoms with Gasteiger partial charge in [-0.15, -0.1) is 0 Å². The SMILES string of the molecule is CCCC1Cc2c(Br)c(OC)cc(O)c2C(=O)O1. The van der Waals surface area contributed by atoms with Gasteiger partial charge in [0.25, 0.3) is 0 Å². The molecular formula is C13H15BrO4. The van der Waals surface area contributed by atoms with Crippen LogP contribution < -0.4 is 4.74 Å². The molecule has 0 bridgehead atoms. The van der Waals surface area contributed by atoms with Gasteiger partial charge in [0.1, 0.15) is 23.2 Å². The quantitative estimate of drug-likeness (QED) is 0.871. The zero-order valence-electron chi connectivity index (χ0n) is 10.3. The van der Waals surface area contributed by atoms with Crippen molar-refractivity contribution in [3.05, 3.63) is 21.7 Å². The second kappa shape index (κ2) is 5.18. The summed E-state index contributed by atoms with van der Waals surface area (Å²) >= 11 is 3.42. The Morgan fingerprint density at radius 2 is 2.33 bits per heavy atom. The lowest BCUT2D eigenvalue weighted by Gasteiger charge is -2.26. The van der Waals surface area contributed by atoms with Crippen molar-refractivity contribution in [1.82, 2.24) is 0 Å². The van der Waals surface area contributed by atoms with Gasteiger partial charge in [-0.2, -0.15) is 0 Å². The minimum Gasteiger partial charge on any atom is -0.507 e. The molecule has 4 nitrogen and oxygen atoms in total. The molecule has 1 aliphatic rings. The molecule has 1 unspecified atom stereocenters. The maximum absolute atomic E-state index is 11.9. The summed E-state index contributed by atoms with van der Waals surface area (Å²) in [7, 11) is 1.52. The van der Waals surface area contributed by atoms with E-state index >= 15 is 0 Å². The molecule has 0 aliphatic carbocycles. The predicted molar refractivity (Wildman–Crippen MR) is 70.2 cm³/mol. The summed E-state index contributed by atoms with van der Waals surface area (Å²) < 4.78 is 11.2. The predicted octanol–water partition coefficient (Wildman–Crippen LogP) is 3.04. The van der Waals surface area contributed by atoms with Gasteiger partial charge in [-0.1, -0.05) is 13.3 Å². The third-order valence-corrected chi connectivity index (χ3v) is 3.92. The van der Waals surface area contributed by atoms with Crippen LogP contribution in [-0.4, -0.2) is 24.3 Å². The number of ether oxygens (including phenoxy) is 2. The molecule has 0 aromatic heterocycles. The smallest absolute Gasteiger partial charge is 0.342 e. The number of fused-ring (bicyclic) bond motifs is 1. The third-order valence-electron chi connectivity index (χ3n) is 3.05. The Hall–Kier alpha value is -1.23. The van der Waals surface area contributed by atoms with Gasteiger partial charge in [0.15, 0.2) is 0 Å². The molecule has 0 saturated carbocycles. The van der Waals surface area contributed by atoms with E-state index in [4.69, 9.17) is 9.47 Å². The number of esters is 1. The summed E-state index contributed by atoms with van der Waals surface area (Å²) in [5.41, 5.74) is 1.01. The fourth-order valence-electron chi connectivity index (χ4n) is 2.20. The van der Waals surface area contributed by atoms with Crippen molar-refractivity contribution in [2.24, 2.45) is 0 Å². The molecule has 1 aromatic rings. The second-order valence-corrected chi connectivity index (χ2v) is 5.08. The molecule has 1 heterocycles. The van der Waals surface area contributed by atoms with Crippen LogP contribution in [0.5, 0.6) is 11.5 Å². The number of phenols is 1. The second-order valence-electron chi connectivity index (χ2n) is 4.29. The average molecular weight is 315 g/mol. The Morgan fingerprint density at radius 1 is 1.61 bits per heavy atom. The number of rotatable bonds is 3. The summed E-state index contributed by atoms with van der Waals surface area (Å²) in [5, 5.41) is 9.88. The third kappa shape index (κ3) is 2.19. The topological polar surface area (TPSA) is 55.8 Å². The first-order valence-electron chi connectivity index (χ1n) is 5.87. The minimum absolute atomic E-state index is 0.0926. The van der Waals surface area contributed by atoms with E-state index in [0.29, 0.717) is 12.2 Å². The van der Waals surface area contributed by atoms with E-state index in [1.807, 2.05) is 6.92 Å². The van der Waals surface area contributed by atoms with Crippen LogP contribution in [0.2, 0.25) is 0 Å². The highest BCUT2D eigenvalue weighted by Crippen LogP contribution is 2.40. The first-order chi connectivity index (χ1) is 8.58. The fraction of sp³-hybridized carbons (Fsp3) is 0.462. The van der Waals surface area contributed by atoms with Crippen LogP contribution in [0.1, 0.15) is 35.7 Å². The van der Waals surface area contributed by atoms with E-state index in [1.165, 1.54) is 13.2 Å². The number of hydrogen-bond acceptors (Lipinski definition) is 4. The normalized spacial score (nSPS) is 18.2.